The molecule has 4 aliphatic rings. The molecule has 1 unspecified atom stereocenters. The first-order valence-corrected chi connectivity index (χ1v) is 15.1. The Morgan fingerprint density at radius 3 is 2.56 bits per heavy atom. The highest BCUT2D eigenvalue weighted by atomic mass is 32.2. The second-order valence-electron chi connectivity index (χ2n) is 10.5. The molecule has 2 aliphatic heterocycles. The number of amides is 1. The van der Waals surface area contributed by atoms with Crippen molar-refractivity contribution in [3.63, 3.8) is 0 Å². The fourth-order valence-corrected chi connectivity index (χ4v) is 6.50. The molecular formula is C29H36N2O4S. The van der Waals surface area contributed by atoms with Crippen molar-refractivity contribution < 1.29 is 17.6 Å². The summed E-state index contributed by atoms with van der Waals surface area (Å²) in [5, 5.41) is 3.15. The third-order valence-electron chi connectivity index (χ3n) is 8.00. The summed E-state index contributed by atoms with van der Waals surface area (Å²) in [6, 6.07) is 15.3. The van der Waals surface area contributed by atoms with Crippen LogP contribution >= 0.6 is 0 Å². The number of hydrogen-bond donors (Lipinski definition) is 1. The zero-order valence-corrected chi connectivity index (χ0v) is 21.8. The van der Waals surface area contributed by atoms with Gasteiger partial charge in [0.1, 0.15) is 5.76 Å². The van der Waals surface area contributed by atoms with Crippen LogP contribution in [0.15, 0.2) is 64.1 Å². The van der Waals surface area contributed by atoms with E-state index >= 15 is 0 Å². The van der Waals surface area contributed by atoms with Gasteiger partial charge in [-0.1, -0.05) is 18.6 Å². The summed E-state index contributed by atoms with van der Waals surface area (Å²) >= 11 is 0. The van der Waals surface area contributed by atoms with Gasteiger partial charge in [0.05, 0.1) is 11.2 Å². The minimum atomic E-state index is -3.26. The number of sulfone groups is 1. The Bertz CT molecular complexity index is 1240. The Hall–Kier alpha value is -2.64. The summed E-state index contributed by atoms with van der Waals surface area (Å²) < 4.78 is 29.2. The van der Waals surface area contributed by atoms with Gasteiger partial charge in [0, 0.05) is 35.0 Å². The fraction of sp³-hybridized carbons (Fsp3) is 0.483. The van der Waals surface area contributed by atoms with Gasteiger partial charge < -0.3 is 9.73 Å². The van der Waals surface area contributed by atoms with Crippen LogP contribution in [0.1, 0.15) is 73.3 Å². The Kier molecular flexibility index (Phi) is 7.49. The lowest BCUT2D eigenvalue weighted by atomic mass is 9.83. The average Bonchev–Trinajstić information content (AvgIpc) is 3.36. The van der Waals surface area contributed by atoms with E-state index in [9.17, 15) is 13.2 Å². The van der Waals surface area contributed by atoms with Gasteiger partial charge in [-0.15, -0.1) is 0 Å². The van der Waals surface area contributed by atoms with Crippen LogP contribution in [0.4, 0.5) is 0 Å². The van der Waals surface area contributed by atoms with Gasteiger partial charge in [0.25, 0.3) is 5.91 Å². The predicted octanol–water partition coefficient (Wildman–Crippen LogP) is 5.69. The van der Waals surface area contributed by atoms with E-state index in [1.165, 1.54) is 55.2 Å². The highest BCUT2D eigenvalue weighted by molar-refractivity contribution is 7.90. The minimum Gasteiger partial charge on any atom is -0.464 e. The van der Waals surface area contributed by atoms with E-state index < -0.39 is 9.84 Å². The lowest BCUT2D eigenvalue weighted by molar-refractivity contribution is 0.0915. The Balaban J connectivity index is 1.10. The van der Waals surface area contributed by atoms with Crippen molar-refractivity contribution in [2.24, 2.45) is 5.92 Å². The first-order chi connectivity index (χ1) is 17.4. The monoisotopic (exact) mass is 508 g/mol. The molecule has 2 heterocycles. The standard InChI is InChI=1S/C29H36N2O4S/c1-36(33,34)26-14-10-22(11-15-26)29(32)30-25-12-8-21(9-13-25)16-18-31-17-3-2-6-27(31)24-19-23-5-4-7-28(23)35-20-24/h4-5,7,10-11,14-15,19-21,25,27H,2-3,6,8-9,12-13,16-18H2,1H3,(H,30,32). The lowest BCUT2D eigenvalue weighted by Crippen LogP contribution is -2.39. The van der Waals surface area contributed by atoms with Crippen LogP contribution in [0.5, 0.6) is 0 Å². The van der Waals surface area contributed by atoms with Crippen LogP contribution in [-0.4, -0.2) is 44.6 Å². The maximum Gasteiger partial charge on any atom is 0.251 e. The predicted molar refractivity (Wildman–Crippen MR) is 141 cm³/mol. The molecule has 0 aromatic heterocycles. The maximum atomic E-state index is 12.6. The van der Waals surface area contributed by atoms with Crippen LogP contribution in [0.2, 0.25) is 0 Å². The fourth-order valence-electron chi connectivity index (χ4n) is 5.87. The van der Waals surface area contributed by atoms with Crippen LogP contribution in [0, 0.1) is 5.92 Å². The second kappa shape index (κ2) is 10.8. The van der Waals surface area contributed by atoms with Crippen LogP contribution in [0.25, 0.3) is 11.3 Å². The third-order valence-corrected chi connectivity index (χ3v) is 9.13. The first-order valence-electron chi connectivity index (χ1n) is 13.2. The van der Waals surface area contributed by atoms with Crippen LogP contribution in [-0.2, 0) is 9.84 Å². The summed E-state index contributed by atoms with van der Waals surface area (Å²) in [7, 11) is -3.26. The van der Waals surface area contributed by atoms with E-state index in [2.05, 4.69) is 22.3 Å². The summed E-state index contributed by atoms with van der Waals surface area (Å²) in [6.45, 7) is 2.26. The molecule has 7 heteroatoms. The summed E-state index contributed by atoms with van der Waals surface area (Å²) in [5.41, 5.74) is 2.99. The number of hydrogen-bond acceptors (Lipinski definition) is 5. The molecule has 6 nitrogen and oxygen atoms in total. The van der Waals surface area contributed by atoms with E-state index in [-0.39, 0.29) is 16.8 Å². The molecule has 192 valence electrons. The third kappa shape index (κ3) is 5.84. The molecule has 2 fully saturated rings. The number of benzene rings is 1. The largest absolute Gasteiger partial charge is 0.464 e. The highest BCUT2D eigenvalue weighted by Gasteiger charge is 2.28. The Morgan fingerprint density at radius 1 is 1.03 bits per heavy atom. The quantitative estimate of drug-likeness (QED) is 0.443. The molecule has 1 atom stereocenters. The second-order valence-corrected chi connectivity index (χ2v) is 12.6. The minimum absolute atomic E-state index is 0.123. The van der Waals surface area contributed by atoms with Crippen molar-refractivity contribution in [3.8, 4) is 11.3 Å². The summed E-state index contributed by atoms with van der Waals surface area (Å²) in [4.78, 5) is 15.5. The number of piperidine rings is 1. The summed E-state index contributed by atoms with van der Waals surface area (Å²) in [6.07, 6.45) is 12.3. The molecule has 1 saturated heterocycles. The SMILES string of the molecule is CS(=O)(=O)c1ccc(C(=O)NC2CCC(CCN3CCCCC3c3coc4cccc-4c3)CC2)cc1. The lowest BCUT2D eigenvalue weighted by Gasteiger charge is -2.37. The number of fused-ring (bicyclic) bond motifs is 1. The normalized spacial score (nSPS) is 23.5. The highest BCUT2D eigenvalue weighted by Crippen LogP contribution is 2.36. The van der Waals surface area contributed by atoms with Gasteiger partial charge in [-0.2, -0.15) is 0 Å². The number of carbonyl (C=O) groups excluding carboxylic acids is 1. The van der Waals surface area contributed by atoms with E-state index in [1.807, 2.05) is 18.4 Å². The van der Waals surface area contributed by atoms with Gasteiger partial charge in [0.2, 0.25) is 0 Å². The zero-order chi connectivity index (χ0) is 25.1. The molecule has 1 amide bonds. The average molecular weight is 509 g/mol. The van der Waals surface area contributed by atoms with E-state index in [0.29, 0.717) is 17.5 Å². The van der Waals surface area contributed by atoms with Crippen molar-refractivity contribution in [1.29, 1.82) is 0 Å². The number of nitrogens with zero attached hydrogens (tertiary/aromatic N) is 1. The number of nitrogens with one attached hydrogen (secondary N) is 1. The van der Waals surface area contributed by atoms with Crippen molar-refractivity contribution in [2.75, 3.05) is 19.3 Å². The molecule has 1 aromatic rings. The van der Waals surface area contributed by atoms with Crippen molar-refractivity contribution in [1.82, 2.24) is 10.2 Å². The molecule has 1 saturated carbocycles. The van der Waals surface area contributed by atoms with Crippen molar-refractivity contribution in [2.45, 2.75) is 68.3 Å². The molecule has 0 spiro atoms. The van der Waals surface area contributed by atoms with Crippen LogP contribution < -0.4 is 5.32 Å². The number of rotatable bonds is 7. The Labute approximate surface area is 214 Å². The molecule has 0 bridgehead atoms. The molecule has 36 heavy (non-hydrogen) atoms. The van der Waals surface area contributed by atoms with E-state index in [1.54, 1.807) is 12.1 Å². The smallest absolute Gasteiger partial charge is 0.251 e. The Morgan fingerprint density at radius 2 is 1.81 bits per heavy atom. The van der Waals surface area contributed by atoms with Crippen LogP contribution in [0.3, 0.4) is 0 Å². The topological polar surface area (TPSA) is 79.6 Å². The number of carbonyl (C=O) groups is 1. The van der Waals surface area contributed by atoms with Crippen molar-refractivity contribution >= 4 is 15.7 Å². The maximum absolute atomic E-state index is 12.6. The van der Waals surface area contributed by atoms with Gasteiger partial charge in [0.15, 0.2) is 9.84 Å². The van der Waals surface area contributed by atoms with Crippen molar-refractivity contribution in [3.05, 3.63) is 65.9 Å². The molecular weight excluding hydrogens is 472 g/mol. The molecule has 2 aliphatic carbocycles. The van der Waals surface area contributed by atoms with Gasteiger partial charge in [-0.3, -0.25) is 9.69 Å². The zero-order valence-electron chi connectivity index (χ0n) is 21.0. The molecule has 0 radical (unpaired) electrons. The number of likely N-dealkylation sites (tertiary alicyclic amines) is 1. The van der Waals surface area contributed by atoms with Gasteiger partial charge >= 0.3 is 0 Å². The van der Waals surface area contributed by atoms with Gasteiger partial charge in [-0.05, 0) is 100 Å². The van der Waals surface area contributed by atoms with E-state index in [0.717, 1.165) is 44.5 Å². The first kappa shape index (κ1) is 25.0. The summed E-state index contributed by atoms with van der Waals surface area (Å²) in [5.74, 6) is 1.52. The van der Waals surface area contributed by atoms with Gasteiger partial charge in [-0.25, -0.2) is 8.42 Å². The molecule has 5 rings (SSSR count). The molecule has 1 N–H and O–H groups in total. The van der Waals surface area contributed by atoms with E-state index in [4.69, 9.17) is 4.42 Å². The molecule has 1 aromatic carbocycles.